The van der Waals surface area contributed by atoms with Crippen molar-refractivity contribution in [3.63, 3.8) is 0 Å². The van der Waals surface area contributed by atoms with Crippen LogP contribution in [0.2, 0.25) is 0 Å². The minimum atomic E-state index is -1.18. The van der Waals surface area contributed by atoms with Crippen molar-refractivity contribution in [3.8, 4) is 0 Å². The van der Waals surface area contributed by atoms with Crippen molar-refractivity contribution in [1.82, 2.24) is 25.9 Å². The zero-order valence-corrected chi connectivity index (χ0v) is 12.5. The molecular formula is C15H17N5O3. The summed E-state index contributed by atoms with van der Waals surface area (Å²) >= 11 is 0. The van der Waals surface area contributed by atoms with Crippen LogP contribution in [0.3, 0.4) is 0 Å². The molecule has 1 fully saturated rings. The maximum atomic E-state index is 12.3. The molecule has 0 radical (unpaired) electrons. The fourth-order valence-electron chi connectivity index (χ4n) is 2.59. The second-order valence-corrected chi connectivity index (χ2v) is 5.38. The first-order valence-corrected chi connectivity index (χ1v) is 7.18. The van der Waals surface area contributed by atoms with Crippen LogP contribution in [-0.4, -0.2) is 32.9 Å². The third-order valence-corrected chi connectivity index (χ3v) is 3.68. The SMILES string of the molecule is Cn1cc(C(=O)O)c(C(=O)NC2CC(c3ccccc3)NN2)n1. The molecule has 2 heterocycles. The maximum Gasteiger partial charge on any atom is 0.339 e. The number of hydrogen-bond donors (Lipinski definition) is 4. The topological polar surface area (TPSA) is 108 Å². The van der Waals surface area contributed by atoms with Crippen LogP contribution in [0.1, 0.15) is 38.9 Å². The number of hydrazine groups is 1. The number of nitrogens with zero attached hydrogens (tertiary/aromatic N) is 2. The molecule has 1 aromatic carbocycles. The van der Waals surface area contributed by atoms with E-state index in [2.05, 4.69) is 21.3 Å². The van der Waals surface area contributed by atoms with E-state index in [4.69, 9.17) is 5.11 Å². The zero-order valence-electron chi connectivity index (χ0n) is 12.5. The summed E-state index contributed by atoms with van der Waals surface area (Å²) in [5.41, 5.74) is 7.02. The molecule has 23 heavy (non-hydrogen) atoms. The molecule has 120 valence electrons. The Bertz CT molecular complexity index is 728. The third kappa shape index (κ3) is 3.22. The van der Waals surface area contributed by atoms with Gasteiger partial charge in [0.1, 0.15) is 5.56 Å². The van der Waals surface area contributed by atoms with Gasteiger partial charge in [-0.1, -0.05) is 30.3 Å². The molecule has 2 unspecified atom stereocenters. The second kappa shape index (κ2) is 6.19. The van der Waals surface area contributed by atoms with Gasteiger partial charge in [0.2, 0.25) is 0 Å². The molecule has 4 N–H and O–H groups in total. The van der Waals surface area contributed by atoms with Gasteiger partial charge in [-0.05, 0) is 5.56 Å². The van der Waals surface area contributed by atoms with Crippen molar-refractivity contribution in [2.24, 2.45) is 7.05 Å². The Hall–Kier alpha value is -2.71. The van der Waals surface area contributed by atoms with Crippen molar-refractivity contribution in [2.45, 2.75) is 18.6 Å². The highest BCUT2D eigenvalue weighted by molar-refractivity contribution is 6.03. The number of aryl methyl sites for hydroxylation is 1. The van der Waals surface area contributed by atoms with Crippen molar-refractivity contribution in [1.29, 1.82) is 0 Å². The van der Waals surface area contributed by atoms with E-state index in [-0.39, 0.29) is 23.5 Å². The molecule has 0 aliphatic carbocycles. The van der Waals surface area contributed by atoms with Crippen LogP contribution in [0.4, 0.5) is 0 Å². The monoisotopic (exact) mass is 315 g/mol. The summed E-state index contributed by atoms with van der Waals surface area (Å²) in [6.45, 7) is 0. The molecule has 0 saturated carbocycles. The van der Waals surface area contributed by atoms with Crippen LogP contribution in [0.25, 0.3) is 0 Å². The predicted molar refractivity (Wildman–Crippen MR) is 81.5 cm³/mol. The van der Waals surface area contributed by atoms with Gasteiger partial charge in [-0.25, -0.2) is 15.6 Å². The number of rotatable bonds is 4. The number of carbonyl (C=O) groups is 2. The lowest BCUT2D eigenvalue weighted by molar-refractivity contribution is 0.0690. The zero-order chi connectivity index (χ0) is 16.4. The summed E-state index contributed by atoms with van der Waals surface area (Å²) in [6.07, 6.45) is 1.64. The maximum absolute atomic E-state index is 12.3. The minimum absolute atomic E-state index is 0.0733. The van der Waals surface area contributed by atoms with E-state index in [1.807, 2.05) is 30.3 Å². The van der Waals surface area contributed by atoms with Gasteiger partial charge >= 0.3 is 5.97 Å². The Labute approximate surface area is 132 Å². The Morgan fingerprint density at radius 2 is 2.04 bits per heavy atom. The molecule has 1 aliphatic rings. The van der Waals surface area contributed by atoms with E-state index in [0.717, 1.165) is 5.56 Å². The first kappa shape index (κ1) is 15.2. The molecule has 0 spiro atoms. The summed E-state index contributed by atoms with van der Waals surface area (Å²) in [7, 11) is 1.57. The normalized spacial score (nSPS) is 20.4. The number of nitrogens with one attached hydrogen (secondary N) is 3. The molecule has 0 bridgehead atoms. The second-order valence-electron chi connectivity index (χ2n) is 5.38. The van der Waals surface area contributed by atoms with Crippen LogP contribution in [0.5, 0.6) is 0 Å². The van der Waals surface area contributed by atoms with Gasteiger partial charge in [0.05, 0.1) is 6.17 Å². The average molecular weight is 315 g/mol. The average Bonchev–Trinajstić information content (AvgIpc) is 3.15. The van der Waals surface area contributed by atoms with Gasteiger partial charge < -0.3 is 10.4 Å². The largest absolute Gasteiger partial charge is 0.478 e. The number of amides is 1. The van der Waals surface area contributed by atoms with Crippen molar-refractivity contribution in [3.05, 3.63) is 53.3 Å². The molecule has 1 aromatic heterocycles. The van der Waals surface area contributed by atoms with Gasteiger partial charge in [0.15, 0.2) is 5.69 Å². The van der Waals surface area contributed by atoms with Gasteiger partial charge in [-0.15, -0.1) is 0 Å². The highest BCUT2D eigenvalue weighted by Crippen LogP contribution is 2.21. The molecule has 2 atom stereocenters. The smallest absolute Gasteiger partial charge is 0.339 e. The van der Waals surface area contributed by atoms with Crippen LogP contribution in [0.15, 0.2) is 36.5 Å². The molecule has 1 saturated heterocycles. The molecule has 8 nitrogen and oxygen atoms in total. The molecule has 1 aliphatic heterocycles. The van der Waals surface area contributed by atoms with E-state index in [1.54, 1.807) is 7.05 Å². The Kier molecular flexibility index (Phi) is 4.09. The van der Waals surface area contributed by atoms with Gasteiger partial charge in [-0.3, -0.25) is 9.48 Å². The van der Waals surface area contributed by atoms with Crippen LogP contribution < -0.4 is 16.2 Å². The number of carboxylic acid groups (broad SMARTS) is 1. The highest BCUT2D eigenvalue weighted by atomic mass is 16.4. The molecule has 2 aromatic rings. The number of carboxylic acids is 1. The minimum Gasteiger partial charge on any atom is -0.478 e. The number of benzene rings is 1. The predicted octanol–water partition coefficient (Wildman–Crippen LogP) is 0.413. The van der Waals surface area contributed by atoms with Crippen molar-refractivity contribution in [2.75, 3.05) is 0 Å². The van der Waals surface area contributed by atoms with E-state index < -0.39 is 11.9 Å². The fourth-order valence-corrected chi connectivity index (χ4v) is 2.59. The van der Waals surface area contributed by atoms with Gasteiger partial charge in [0, 0.05) is 25.7 Å². The first-order chi connectivity index (χ1) is 11.0. The molecular weight excluding hydrogens is 298 g/mol. The third-order valence-electron chi connectivity index (χ3n) is 3.68. The quantitative estimate of drug-likeness (QED) is 0.651. The number of carbonyl (C=O) groups excluding carboxylic acids is 1. The lowest BCUT2D eigenvalue weighted by Gasteiger charge is -2.11. The summed E-state index contributed by atoms with van der Waals surface area (Å²) in [6, 6.07) is 9.94. The Morgan fingerprint density at radius 3 is 2.74 bits per heavy atom. The highest BCUT2D eigenvalue weighted by Gasteiger charge is 2.28. The van der Waals surface area contributed by atoms with Crippen LogP contribution in [0, 0.1) is 0 Å². The molecule has 8 heteroatoms. The van der Waals surface area contributed by atoms with E-state index in [0.29, 0.717) is 6.42 Å². The number of aromatic nitrogens is 2. The number of aromatic carboxylic acids is 1. The fraction of sp³-hybridized carbons (Fsp3) is 0.267. The Balaban J connectivity index is 1.67. The standard InChI is InChI=1S/C15H17N5O3/c1-20-8-10(15(22)23)13(19-20)14(21)16-12-7-11(17-18-12)9-5-3-2-4-6-9/h2-6,8,11-12,17-18H,7H2,1H3,(H,16,21)(H,22,23). The van der Waals surface area contributed by atoms with E-state index >= 15 is 0 Å². The van der Waals surface area contributed by atoms with Crippen LogP contribution in [-0.2, 0) is 7.05 Å². The lowest BCUT2D eigenvalue weighted by Crippen LogP contribution is -2.44. The molecule has 1 amide bonds. The summed E-state index contributed by atoms with van der Waals surface area (Å²) in [5.74, 6) is -1.70. The summed E-state index contributed by atoms with van der Waals surface area (Å²) in [4.78, 5) is 23.4. The van der Waals surface area contributed by atoms with E-state index in [9.17, 15) is 9.59 Å². The Morgan fingerprint density at radius 1 is 1.30 bits per heavy atom. The summed E-state index contributed by atoms with van der Waals surface area (Å²) < 4.78 is 1.31. The van der Waals surface area contributed by atoms with Crippen molar-refractivity contribution < 1.29 is 14.7 Å². The lowest BCUT2D eigenvalue weighted by atomic mass is 10.0. The summed E-state index contributed by atoms with van der Waals surface area (Å²) in [5, 5.41) is 15.8. The van der Waals surface area contributed by atoms with E-state index in [1.165, 1.54) is 10.9 Å². The molecule has 3 rings (SSSR count). The van der Waals surface area contributed by atoms with Crippen LogP contribution >= 0.6 is 0 Å². The van der Waals surface area contributed by atoms with Gasteiger partial charge in [0.25, 0.3) is 5.91 Å². The first-order valence-electron chi connectivity index (χ1n) is 7.18. The number of hydrogen-bond acceptors (Lipinski definition) is 5. The van der Waals surface area contributed by atoms with Gasteiger partial charge in [-0.2, -0.15) is 5.10 Å². The van der Waals surface area contributed by atoms with Crippen molar-refractivity contribution >= 4 is 11.9 Å².